The van der Waals surface area contributed by atoms with E-state index in [1.807, 2.05) is 18.2 Å². The molecule has 0 saturated carbocycles. The number of anilines is 1. The van der Waals surface area contributed by atoms with Crippen molar-refractivity contribution in [3.8, 4) is 0 Å². The van der Waals surface area contributed by atoms with Crippen LogP contribution in [0, 0.1) is 0 Å². The highest BCUT2D eigenvalue weighted by Gasteiger charge is 2.16. The number of rotatable bonds is 6. The van der Waals surface area contributed by atoms with Crippen molar-refractivity contribution in [2.45, 2.75) is 31.7 Å². The van der Waals surface area contributed by atoms with Gasteiger partial charge in [0.25, 0.3) is 0 Å². The Morgan fingerprint density at radius 3 is 2.57 bits per heavy atom. The number of sulfone groups is 1. The van der Waals surface area contributed by atoms with Gasteiger partial charge in [-0.05, 0) is 30.2 Å². The lowest BCUT2D eigenvalue weighted by atomic mass is 10.1. The molecule has 0 atom stereocenters. The second kappa shape index (κ2) is 6.72. The Hall–Kier alpha value is -1.88. The molecule has 0 saturated heterocycles. The number of nitrogens with one attached hydrogen (secondary N) is 1. The summed E-state index contributed by atoms with van der Waals surface area (Å²) in [5.74, 6) is 0.0927. The van der Waals surface area contributed by atoms with E-state index < -0.39 is 9.84 Å². The lowest BCUT2D eigenvalue weighted by Gasteiger charge is -2.13. The Morgan fingerprint density at radius 1 is 1.10 bits per heavy atom. The molecule has 0 radical (unpaired) electrons. The van der Waals surface area contributed by atoms with Crippen LogP contribution in [0.15, 0.2) is 47.5 Å². The highest BCUT2D eigenvalue weighted by atomic mass is 32.2. The van der Waals surface area contributed by atoms with Crippen molar-refractivity contribution < 1.29 is 8.42 Å². The molecule has 0 unspecified atom stereocenters. The summed E-state index contributed by atoms with van der Waals surface area (Å²) in [6, 6.07) is 11.0. The second-order valence-electron chi connectivity index (χ2n) is 4.72. The maximum Gasteiger partial charge on any atom is 0.180 e. The maximum absolute atomic E-state index is 12.1. The van der Waals surface area contributed by atoms with E-state index in [9.17, 15) is 8.42 Å². The molecule has 0 aliphatic heterocycles. The average molecular weight is 304 g/mol. The molecule has 0 fully saturated rings. The summed E-state index contributed by atoms with van der Waals surface area (Å²) < 4.78 is 24.2. The molecule has 0 aliphatic rings. The van der Waals surface area contributed by atoms with Gasteiger partial charge in [0.1, 0.15) is 0 Å². The quantitative estimate of drug-likeness (QED) is 0.891. The number of pyridine rings is 1. The molecule has 112 valence electrons. The zero-order chi connectivity index (χ0) is 15.3. The van der Waals surface area contributed by atoms with E-state index in [0.29, 0.717) is 17.1 Å². The van der Waals surface area contributed by atoms with Crippen LogP contribution in [0.3, 0.4) is 0 Å². The molecular formula is C16H20N2O2S. The summed E-state index contributed by atoms with van der Waals surface area (Å²) in [6.45, 7) is 4.25. The van der Waals surface area contributed by atoms with E-state index in [4.69, 9.17) is 0 Å². The summed E-state index contributed by atoms with van der Waals surface area (Å²) in [6.07, 6.45) is 2.66. The minimum absolute atomic E-state index is 0.0927. The summed E-state index contributed by atoms with van der Waals surface area (Å²) >= 11 is 0. The van der Waals surface area contributed by atoms with Gasteiger partial charge < -0.3 is 5.32 Å². The van der Waals surface area contributed by atoms with E-state index >= 15 is 0 Å². The Kier molecular flexibility index (Phi) is 4.96. The number of para-hydroxylation sites is 1. The van der Waals surface area contributed by atoms with Crippen LogP contribution >= 0.6 is 0 Å². The standard InChI is InChI=1S/C16H20N2O2S/c1-3-13-8-7-11-17-15(13)12-18-14-9-5-6-10-16(14)21(19,20)4-2/h5-11,18H,3-4,12H2,1-2H3. The van der Waals surface area contributed by atoms with Crippen LogP contribution in [0.1, 0.15) is 25.1 Å². The van der Waals surface area contributed by atoms with Crippen LogP contribution in [0.25, 0.3) is 0 Å². The zero-order valence-corrected chi connectivity index (χ0v) is 13.2. The van der Waals surface area contributed by atoms with Gasteiger partial charge in [-0.2, -0.15) is 0 Å². The first-order valence-corrected chi connectivity index (χ1v) is 8.72. The molecule has 1 N–H and O–H groups in total. The summed E-state index contributed by atoms with van der Waals surface area (Å²) in [4.78, 5) is 4.71. The SMILES string of the molecule is CCc1cccnc1CNc1ccccc1S(=O)(=O)CC. The minimum atomic E-state index is -3.23. The van der Waals surface area contributed by atoms with Crippen molar-refractivity contribution in [3.63, 3.8) is 0 Å². The third kappa shape index (κ3) is 3.61. The molecule has 1 aromatic heterocycles. The molecule has 4 nitrogen and oxygen atoms in total. The van der Waals surface area contributed by atoms with Crippen LogP contribution in [-0.2, 0) is 22.8 Å². The van der Waals surface area contributed by atoms with Gasteiger partial charge in [0, 0.05) is 6.20 Å². The first-order valence-electron chi connectivity index (χ1n) is 7.07. The van der Waals surface area contributed by atoms with Crippen LogP contribution < -0.4 is 5.32 Å². The molecule has 1 heterocycles. The van der Waals surface area contributed by atoms with Crippen molar-refractivity contribution >= 4 is 15.5 Å². The molecule has 21 heavy (non-hydrogen) atoms. The molecule has 0 spiro atoms. The largest absolute Gasteiger partial charge is 0.378 e. The van der Waals surface area contributed by atoms with Crippen molar-refractivity contribution in [2.75, 3.05) is 11.1 Å². The fraction of sp³-hybridized carbons (Fsp3) is 0.312. The van der Waals surface area contributed by atoms with Crippen LogP contribution in [0.2, 0.25) is 0 Å². The Labute approximate surface area is 126 Å². The van der Waals surface area contributed by atoms with E-state index in [0.717, 1.165) is 12.1 Å². The zero-order valence-electron chi connectivity index (χ0n) is 12.3. The highest BCUT2D eigenvalue weighted by molar-refractivity contribution is 7.91. The first kappa shape index (κ1) is 15.5. The number of hydrogen-bond donors (Lipinski definition) is 1. The van der Waals surface area contributed by atoms with Crippen LogP contribution in [-0.4, -0.2) is 19.2 Å². The number of nitrogens with zero attached hydrogens (tertiary/aromatic N) is 1. The summed E-state index contributed by atoms with van der Waals surface area (Å²) in [7, 11) is -3.23. The van der Waals surface area contributed by atoms with E-state index in [1.165, 1.54) is 5.56 Å². The number of benzene rings is 1. The van der Waals surface area contributed by atoms with Gasteiger partial charge in [-0.3, -0.25) is 4.98 Å². The summed E-state index contributed by atoms with van der Waals surface area (Å²) in [5, 5.41) is 3.20. The van der Waals surface area contributed by atoms with Gasteiger partial charge in [-0.15, -0.1) is 0 Å². The molecule has 2 aromatic rings. The van der Waals surface area contributed by atoms with Gasteiger partial charge in [-0.1, -0.05) is 32.0 Å². The van der Waals surface area contributed by atoms with E-state index in [2.05, 4.69) is 17.2 Å². The smallest absolute Gasteiger partial charge is 0.180 e. The van der Waals surface area contributed by atoms with Crippen molar-refractivity contribution in [3.05, 3.63) is 53.9 Å². The average Bonchev–Trinajstić information content (AvgIpc) is 2.53. The first-order chi connectivity index (χ1) is 10.1. The van der Waals surface area contributed by atoms with Gasteiger partial charge in [0.05, 0.1) is 28.6 Å². The second-order valence-corrected chi connectivity index (χ2v) is 6.96. The van der Waals surface area contributed by atoms with Crippen LogP contribution in [0.4, 0.5) is 5.69 Å². The van der Waals surface area contributed by atoms with Gasteiger partial charge in [0.2, 0.25) is 0 Å². The lowest BCUT2D eigenvalue weighted by molar-refractivity contribution is 0.597. The fourth-order valence-corrected chi connectivity index (χ4v) is 3.24. The third-order valence-electron chi connectivity index (χ3n) is 3.41. The minimum Gasteiger partial charge on any atom is -0.378 e. The fourth-order valence-electron chi connectivity index (χ4n) is 2.17. The molecule has 0 bridgehead atoms. The van der Waals surface area contributed by atoms with Crippen molar-refractivity contribution in [1.29, 1.82) is 0 Å². The van der Waals surface area contributed by atoms with Gasteiger partial charge >= 0.3 is 0 Å². The van der Waals surface area contributed by atoms with Crippen molar-refractivity contribution in [1.82, 2.24) is 4.98 Å². The predicted molar refractivity (Wildman–Crippen MR) is 85.1 cm³/mol. The predicted octanol–water partition coefficient (Wildman–Crippen LogP) is 3.05. The van der Waals surface area contributed by atoms with Gasteiger partial charge in [-0.25, -0.2) is 8.42 Å². The maximum atomic E-state index is 12.1. The molecular weight excluding hydrogens is 284 g/mol. The van der Waals surface area contributed by atoms with Gasteiger partial charge in [0.15, 0.2) is 9.84 Å². The molecule has 0 aliphatic carbocycles. The lowest BCUT2D eigenvalue weighted by Crippen LogP contribution is -2.10. The third-order valence-corrected chi connectivity index (χ3v) is 5.20. The monoisotopic (exact) mass is 304 g/mol. The number of hydrogen-bond acceptors (Lipinski definition) is 4. The number of aromatic nitrogens is 1. The molecule has 1 aromatic carbocycles. The molecule has 2 rings (SSSR count). The molecule has 0 amide bonds. The van der Waals surface area contributed by atoms with E-state index in [1.54, 1.807) is 31.3 Å². The Morgan fingerprint density at radius 2 is 1.86 bits per heavy atom. The Bertz CT molecular complexity index is 712. The normalized spacial score (nSPS) is 11.3. The van der Waals surface area contributed by atoms with Crippen molar-refractivity contribution in [2.24, 2.45) is 0 Å². The van der Waals surface area contributed by atoms with Crippen LogP contribution in [0.5, 0.6) is 0 Å². The molecule has 5 heteroatoms. The topological polar surface area (TPSA) is 59.1 Å². The highest BCUT2D eigenvalue weighted by Crippen LogP contribution is 2.22. The Balaban J connectivity index is 2.25. The number of aryl methyl sites for hydroxylation is 1. The van der Waals surface area contributed by atoms with E-state index in [-0.39, 0.29) is 5.75 Å². The summed E-state index contributed by atoms with van der Waals surface area (Å²) in [5.41, 5.74) is 2.75.